The highest BCUT2D eigenvalue weighted by molar-refractivity contribution is 9.10. The third kappa shape index (κ3) is 2.88. The lowest BCUT2D eigenvalue weighted by atomic mass is 9.98. The van der Waals surface area contributed by atoms with Gasteiger partial charge in [0, 0.05) is 23.1 Å². The van der Waals surface area contributed by atoms with E-state index < -0.39 is 0 Å². The van der Waals surface area contributed by atoms with E-state index in [0.29, 0.717) is 6.54 Å². The summed E-state index contributed by atoms with van der Waals surface area (Å²) in [7, 11) is 0. The van der Waals surface area contributed by atoms with Crippen molar-refractivity contribution in [3.63, 3.8) is 0 Å². The van der Waals surface area contributed by atoms with Gasteiger partial charge in [-0.15, -0.1) is 0 Å². The Morgan fingerprint density at radius 3 is 2.62 bits per heavy atom. The van der Waals surface area contributed by atoms with Crippen LogP contribution in [0.1, 0.15) is 32.6 Å². The fourth-order valence-corrected chi connectivity index (χ4v) is 3.16. The SMILES string of the molecule is Cc1ccc(C(=O)N2CCc3ccc(Br)cc3C2)cc1C. The lowest BCUT2D eigenvalue weighted by molar-refractivity contribution is 0.0734. The first-order valence-electron chi connectivity index (χ1n) is 7.18. The summed E-state index contributed by atoms with van der Waals surface area (Å²) in [6.07, 6.45) is 0.930. The van der Waals surface area contributed by atoms with Gasteiger partial charge in [0.05, 0.1) is 0 Å². The number of carbonyl (C=O) groups excluding carboxylic acids is 1. The molecule has 1 amide bonds. The van der Waals surface area contributed by atoms with Gasteiger partial charge in [0.15, 0.2) is 0 Å². The Morgan fingerprint density at radius 1 is 1.05 bits per heavy atom. The summed E-state index contributed by atoms with van der Waals surface area (Å²) >= 11 is 3.51. The largest absolute Gasteiger partial charge is 0.334 e. The molecular weight excluding hydrogens is 326 g/mol. The van der Waals surface area contributed by atoms with Crippen LogP contribution >= 0.6 is 15.9 Å². The van der Waals surface area contributed by atoms with E-state index in [1.54, 1.807) is 0 Å². The molecule has 2 nitrogen and oxygen atoms in total. The van der Waals surface area contributed by atoms with E-state index in [1.807, 2.05) is 23.1 Å². The fraction of sp³-hybridized carbons (Fsp3) is 0.278. The molecule has 2 aromatic rings. The predicted octanol–water partition coefficient (Wildman–Crippen LogP) is 4.26. The van der Waals surface area contributed by atoms with Crippen LogP contribution in [0.2, 0.25) is 0 Å². The molecule has 0 atom stereocenters. The molecule has 21 heavy (non-hydrogen) atoms. The molecule has 108 valence electrons. The minimum atomic E-state index is 0.128. The quantitative estimate of drug-likeness (QED) is 0.757. The average molecular weight is 344 g/mol. The molecular formula is C18H18BrNO. The molecule has 1 aliphatic rings. The summed E-state index contributed by atoms with van der Waals surface area (Å²) in [4.78, 5) is 14.6. The number of fused-ring (bicyclic) bond motifs is 1. The third-order valence-corrected chi connectivity index (χ3v) is 4.71. The van der Waals surface area contributed by atoms with Crippen LogP contribution < -0.4 is 0 Å². The molecule has 0 aliphatic carbocycles. The predicted molar refractivity (Wildman–Crippen MR) is 88.5 cm³/mol. The van der Waals surface area contributed by atoms with Gasteiger partial charge in [-0.2, -0.15) is 0 Å². The highest BCUT2D eigenvalue weighted by atomic mass is 79.9. The van der Waals surface area contributed by atoms with Crippen LogP contribution in [0, 0.1) is 13.8 Å². The van der Waals surface area contributed by atoms with Crippen LogP contribution in [0.3, 0.4) is 0 Å². The van der Waals surface area contributed by atoms with Crippen molar-refractivity contribution in [3.8, 4) is 0 Å². The van der Waals surface area contributed by atoms with E-state index >= 15 is 0 Å². The summed E-state index contributed by atoms with van der Waals surface area (Å²) in [5.41, 5.74) is 5.77. The standard InChI is InChI=1S/C18H18BrNO/c1-12-3-4-15(9-13(12)2)18(21)20-8-7-14-5-6-17(19)10-16(14)11-20/h3-6,9-10H,7-8,11H2,1-2H3. The molecule has 3 heteroatoms. The molecule has 2 aromatic carbocycles. The molecule has 3 rings (SSSR count). The minimum Gasteiger partial charge on any atom is -0.334 e. The second kappa shape index (κ2) is 5.64. The van der Waals surface area contributed by atoms with E-state index in [2.05, 4.69) is 48.0 Å². The van der Waals surface area contributed by atoms with E-state index in [4.69, 9.17) is 0 Å². The number of nitrogens with zero attached hydrogens (tertiary/aromatic N) is 1. The van der Waals surface area contributed by atoms with Gasteiger partial charge in [-0.05, 0) is 66.8 Å². The molecule has 0 unspecified atom stereocenters. The van der Waals surface area contributed by atoms with Crippen molar-refractivity contribution in [1.29, 1.82) is 0 Å². The number of aryl methyl sites for hydroxylation is 2. The first-order chi connectivity index (χ1) is 10.0. The van der Waals surface area contributed by atoms with Gasteiger partial charge in [-0.3, -0.25) is 4.79 Å². The van der Waals surface area contributed by atoms with Gasteiger partial charge in [-0.25, -0.2) is 0 Å². The number of rotatable bonds is 1. The lowest BCUT2D eigenvalue weighted by Gasteiger charge is -2.29. The summed E-state index contributed by atoms with van der Waals surface area (Å²) < 4.78 is 1.07. The van der Waals surface area contributed by atoms with E-state index in [1.165, 1.54) is 22.3 Å². The Balaban J connectivity index is 1.85. The molecule has 0 saturated heterocycles. The molecule has 1 aliphatic heterocycles. The van der Waals surface area contributed by atoms with Crippen LogP contribution in [-0.2, 0) is 13.0 Å². The zero-order valence-electron chi connectivity index (χ0n) is 12.3. The van der Waals surface area contributed by atoms with Crippen LogP contribution in [-0.4, -0.2) is 17.4 Å². The van der Waals surface area contributed by atoms with Gasteiger partial charge in [0.25, 0.3) is 5.91 Å². The molecule has 0 radical (unpaired) electrons. The Hall–Kier alpha value is -1.61. The maximum Gasteiger partial charge on any atom is 0.254 e. The van der Waals surface area contributed by atoms with Crippen LogP contribution in [0.25, 0.3) is 0 Å². The van der Waals surface area contributed by atoms with Gasteiger partial charge >= 0.3 is 0 Å². The van der Waals surface area contributed by atoms with Crippen LogP contribution in [0.4, 0.5) is 0 Å². The van der Waals surface area contributed by atoms with E-state index in [0.717, 1.165) is 23.0 Å². The number of hydrogen-bond donors (Lipinski definition) is 0. The van der Waals surface area contributed by atoms with Gasteiger partial charge in [0.2, 0.25) is 0 Å². The highest BCUT2D eigenvalue weighted by Gasteiger charge is 2.22. The zero-order chi connectivity index (χ0) is 15.0. The Morgan fingerprint density at radius 2 is 1.86 bits per heavy atom. The normalized spacial score (nSPS) is 14.0. The van der Waals surface area contributed by atoms with E-state index in [9.17, 15) is 4.79 Å². The molecule has 0 bridgehead atoms. The maximum absolute atomic E-state index is 12.7. The summed E-state index contributed by atoms with van der Waals surface area (Å²) in [5, 5.41) is 0. The fourth-order valence-electron chi connectivity index (χ4n) is 2.76. The van der Waals surface area contributed by atoms with Crippen molar-refractivity contribution < 1.29 is 4.79 Å². The summed E-state index contributed by atoms with van der Waals surface area (Å²) in [5.74, 6) is 0.128. The number of amides is 1. The molecule has 0 saturated carbocycles. The molecule has 0 fully saturated rings. The van der Waals surface area contributed by atoms with Crippen molar-refractivity contribution in [2.24, 2.45) is 0 Å². The van der Waals surface area contributed by atoms with Crippen LogP contribution in [0.5, 0.6) is 0 Å². The number of hydrogen-bond acceptors (Lipinski definition) is 1. The van der Waals surface area contributed by atoms with Crippen molar-refractivity contribution in [3.05, 3.63) is 68.7 Å². The molecule has 0 spiro atoms. The Bertz CT molecular complexity index is 708. The van der Waals surface area contributed by atoms with Crippen LogP contribution in [0.15, 0.2) is 40.9 Å². The maximum atomic E-state index is 12.7. The van der Waals surface area contributed by atoms with Gasteiger partial charge < -0.3 is 4.90 Å². The number of benzene rings is 2. The van der Waals surface area contributed by atoms with Gasteiger partial charge in [-0.1, -0.05) is 28.1 Å². The van der Waals surface area contributed by atoms with E-state index in [-0.39, 0.29) is 5.91 Å². The Labute approximate surface area is 133 Å². The minimum absolute atomic E-state index is 0.128. The lowest BCUT2D eigenvalue weighted by Crippen LogP contribution is -2.36. The topological polar surface area (TPSA) is 20.3 Å². The molecule has 1 heterocycles. The number of carbonyl (C=O) groups is 1. The van der Waals surface area contributed by atoms with Crippen molar-refractivity contribution in [1.82, 2.24) is 4.90 Å². The van der Waals surface area contributed by atoms with Crippen molar-refractivity contribution in [2.45, 2.75) is 26.8 Å². The van der Waals surface area contributed by atoms with Crippen molar-refractivity contribution >= 4 is 21.8 Å². The number of halogens is 1. The van der Waals surface area contributed by atoms with Gasteiger partial charge in [0.1, 0.15) is 0 Å². The highest BCUT2D eigenvalue weighted by Crippen LogP contribution is 2.24. The summed E-state index contributed by atoms with van der Waals surface area (Å²) in [6, 6.07) is 12.3. The molecule has 0 N–H and O–H groups in total. The zero-order valence-corrected chi connectivity index (χ0v) is 13.9. The molecule has 0 aromatic heterocycles. The second-order valence-electron chi connectivity index (χ2n) is 5.69. The first-order valence-corrected chi connectivity index (χ1v) is 7.98. The Kier molecular flexibility index (Phi) is 3.85. The third-order valence-electron chi connectivity index (χ3n) is 4.22. The monoisotopic (exact) mass is 343 g/mol. The second-order valence-corrected chi connectivity index (χ2v) is 6.60. The average Bonchev–Trinajstić information content (AvgIpc) is 2.48. The smallest absolute Gasteiger partial charge is 0.254 e. The first kappa shape index (κ1) is 14.3. The van der Waals surface area contributed by atoms with Crippen molar-refractivity contribution in [2.75, 3.05) is 6.54 Å². The summed E-state index contributed by atoms with van der Waals surface area (Å²) in [6.45, 7) is 5.61.